The topological polar surface area (TPSA) is 67.9 Å². The zero-order valence-electron chi connectivity index (χ0n) is 17.8. The second kappa shape index (κ2) is 9.96. The van der Waals surface area contributed by atoms with Crippen LogP contribution in [0.4, 0.5) is 0 Å². The van der Waals surface area contributed by atoms with Crippen molar-refractivity contribution in [3.8, 4) is 11.5 Å². The maximum atomic E-state index is 12.3. The maximum absolute atomic E-state index is 12.3. The van der Waals surface area contributed by atoms with Crippen molar-refractivity contribution < 1.29 is 19.1 Å². The quantitative estimate of drug-likeness (QED) is 0.693. The van der Waals surface area contributed by atoms with Gasteiger partial charge in [-0.3, -0.25) is 9.59 Å². The summed E-state index contributed by atoms with van der Waals surface area (Å²) in [6.07, 6.45) is 0. The summed E-state index contributed by atoms with van der Waals surface area (Å²) in [4.78, 5) is 25.4. The molecule has 2 aromatic carbocycles. The van der Waals surface area contributed by atoms with Gasteiger partial charge in [-0.1, -0.05) is 39.0 Å². The monoisotopic (exact) mass is 398 g/mol. The van der Waals surface area contributed by atoms with Crippen LogP contribution in [-0.2, 0) is 10.2 Å². The van der Waals surface area contributed by atoms with Gasteiger partial charge < -0.3 is 19.7 Å². The molecule has 0 aliphatic heterocycles. The second-order valence-corrected chi connectivity index (χ2v) is 7.98. The molecule has 0 fully saturated rings. The number of likely N-dealkylation sites (N-methyl/N-ethyl adjacent to an activating group) is 1. The molecule has 2 amide bonds. The van der Waals surface area contributed by atoms with Crippen molar-refractivity contribution in [3.05, 3.63) is 59.7 Å². The number of nitrogens with one attached hydrogen (secondary N) is 1. The summed E-state index contributed by atoms with van der Waals surface area (Å²) in [5, 5.41) is 2.82. The molecule has 0 radical (unpaired) electrons. The molecule has 0 aromatic heterocycles. The lowest BCUT2D eigenvalue weighted by Gasteiger charge is -2.19. The van der Waals surface area contributed by atoms with E-state index in [1.54, 1.807) is 38.4 Å². The minimum absolute atomic E-state index is 0.0695. The number of hydrogen-bond donors (Lipinski definition) is 1. The number of carbonyl (C=O) groups is 2. The molecule has 0 aliphatic rings. The number of rotatable bonds is 8. The first kappa shape index (κ1) is 22.3. The Morgan fingerprint density at radius 1 is 0.966 bits per heavy atom. The van der Waals surface area contributed by atoms with Crippen molar-refractivity contribution in [2.24, 2.45) is 0 Å². The fraction of sp³-hybridized carbons (Fsp3) is 0.391. The van der Waals surface area contributed by atoms with Gasteiger partial charge in [0.2, 0.25) is 0 Å². The van der Waals surface area contributed by atoms with Crippen LogP contribution >= 0.6 is 0 Å². The fourth-order valence-corrected chi connectivity index (χ4v) is 2.49. The van der Waals surface area contributed by atoms with E-state index in [-0.39, 0.29) is 23.8 Å². The van der Waals surface area contributed by atoms with E-state index >= 15 is 0 Å². The van der Waals surface area contributed by atoms with E-state index in [0.29, 0.717) is 24.5 Å². The second-order valence-electron chi connectivity index (χ2n) is 7.98. The summed E-state index contributed by atoms with van der Waals surface area (Å²) in [6, 6.07) is 14.7. The van der Waals surface area contributed by atoms with Crippen LogP contribution in [0.1, 0.15) is 36.7 Å². The first-order valence-electron chi connectivity index (χ1n) is 9.61. The van der Waals surface area contributed by atoms with E-state index in [1.807, 2.05) is 12.1 Å². The highest BCUT2D eigenvalue weighted by atomic mass is 16.5. The van der Waals surface area contributed by atoms with Crippen molar-refractivity contribution in [1.82, 2.24) is 10.2 Å². The molecule has 2 aromatic rings. The van der Waals surface area contributed by atoms with Crippen LogP contribution in [0.3, 0.4) is 0 Å². The summed E-state index contributed by atoms with van der Waals surface area (Å²) >= 11 is 0. The van der Waals surface area contributed by atoms with Crippen LogP contribution < -0.4 is 14.8 Å². The van der Waals surface area contributed by atoms with Gasteiger partial charge in [0, 0.05) is 19.7 Å². The average Bonchev–Trinajstić information content (AvgIpc) is 2.69. The van der Waals surface area contributed by atoms with Gasteiger partial charge in [0.05, 0.1) is 6.54 Å². The molecule has 0 heterocycles. The Labute approximate surface area is 172 Å². The zero-order chi connectivity index (χ0) is 21.4. The van der Waals surface area contributed by atoms with E-state index in [0.717, 1.165) is 5.75 Å². The van der Waals surface area contributed by atoms with Crippen LogP contribution in [0.5, 0.6) is 11.5 Å². The van der Waals surface area contributed by atoms with Crippen molar-refractivity contribution in [2.75, 3.05) is 33.9 Å². The summed E-state index contributed by atoms with van der Waals surface area (Å²) in [5.41, 5.74) is 1.81. The summed E-state index contributed by atoms with van der Waals surface area (Å²) in [6.45, 7) is 7.17. The Morgan fingerprint density at radius 3 is 2.28 bits per heavy atom. The largest absolute Gasteiger partial charge is 0.492 e. The van der Waals surface area contributed by atoms with Crippen molar-refractivity contribution in [1.29, 1.82) is 0 Å². The van der Waals surface area contributed by atoms with Gasteiger partial charge in [-0.2, -0.15) is 0 Å². The Morgan fingerprint density at radius 2 is 1.66 bits per heavy atom. The van der Waals surface area contributed by atoms with Crippen LogP contribution in [0.2, 0.25) is 0 Å². The van der Waals surface area contributed by atoms with Crippen LogP contribution in [0, 0.1) is 0 Å². The average molecular weight is 399 g/mol. The predicted molar refractivity (Wildman–Crippen MR) is 114 cm³/mol. The molecule has 6 nitrogen and oxygen atoms in total. The highest BCUT2D eigenvalue weighted by Gasteiger charge is 2.13. The van der Waals surface area contributed by atoms with Gasteiger partial charge >= 0.3 is 0 Å². The molecule has 2 rings (SSSR count). The van der Waals surface area contributed by atoms with E-state index in [1.165, 1.54) is 10.5 Å². The summed E-state index contributed by atoms with van der Waals surface area (Å²) in [7, 11) is 3.33. The number of carbonyl (C=O) groups excluding carboxylic acids is 2. The third kappa shape index (κ3) is 7.14. The Hall–Kier alpha value is -3.02. The summed E-state index contributed by atoms with van der Waals surface area (Å²) < 4.78 is 11.1. The molecule has 0 unspecified atom stereocenters. The molecule has 0 aliphatic carbocycles. The van der Waals surface area contributed by atoms with Gasteiger partial charge in [0.1, 0.15) is 18.1 Å². The molecular weight excluding hydrogens is 368 g/mol. The third-order valence-corrected chi connectivity index (χ3v) is 4.33. The molecule has 156 valence electrons. The van der Waals surface area contributed by atoms with Gasteiger partial charge in [-0.05, 0) is 41.3 Å². The van der Waals surface area contributed by atoms with E-state index < -0.39 is 0 Å². The van der Waals surface area contributed by atoms with Crippen molar-refractivity contribution in [2.45, 2.75) is 26.2 Å². The molecule has 0 saturated heterocycles. The molecule has 0 spiro atoms. The fourth-order valence-electron chi connectivity index (χ4n) is 2.49. The molecular formula is C23H30N2O4. The van der Waals surface area contributed by atoms with E-state index in [4.69, 9.17) is 9.47 Å². The van der Waals surface area contributed by atoms with Gasteiger partial charge in [0.25, 0.3) is 11.8 Å². The molecule has 0 saturated carbocycles. The van der Waals surface area contributed by atoms with Crippen LogP contribution in [-0.4, -0.2) is 50.6 Å². The Kier molecular flexibility index (Phi) is 7.65. The SMILES string of the molecule is CN(C)C(=O)COc1cccc(C(=O)NCCOc2ccc(C(C)(C)C)cc2)c1. The number of benzene rings is 2. The third-order valence-electron chi connectivity index (χ3n) is 4.33. The Bertz CT molecular complexity index is 824. The van der Waals surface area contributed by atoms with Gasteiger partial charge in [-0.25, -0.2) is 0 Å². The molecule has 6 heteroatoms. The molecule has 0 atom stereocenters. The van der Waals surface area contributed by atoms with Gasteiger partial charge in [-0.15, -0.1) is 0 Å². The van der Waals surface area contributed by atoms with Crippen molar-refractivity contribution in [3.63, 3.8) is 0 Å². The minimum atomic E-state index is -0.221. The standard InChI is InChI=1S/C23H30N2O4/c1-23(2,3)18-9-11-19(12-10-18)28-14-13-24-22(27)17-7-6-8-20(15-17)29-16-21(26)25(4)5/h6-12,15H,13-14,16H2,1-5H3,(H,24,27). The van der Waals surface area contributed by atoms with Crippen LogP contribution in [0.15, 0.2) is 48.5 Å². The first-order chi connectivity index (χ1) is 13.7. The minimum Gasteiger partial charge on any atom is -0.492 e. The van der Waals surface area contributed by atoms with Crippen LogP contribution in [0.25, 0.3) is 0 Å². The lowest BCUT2D eigenvalue weighted by Crippen LogP contribution is -2.28. The number of nitrogens with zero attached hydrogens (tertiary/aromatic N) is 1. The maximum Gasteiger partial charge on any atom is 0.259 e. The van der Waals surface area contributed by atoms with Crippen molar-refractivity contribution >= 4 is 11.8 Å². The molecule has 0 bridgehead atoms. The smallest absolute Gasteiger partial charge is 0.259 e. The summed E-state index contributed by atoms with van der Waals surface area (Å²) in [5.74, 6) is 0.879. The zero-order valence-corrected chi connectivity index (χ0v) is 17.8. The predicted octanol–water partition coefficient (Wildman–Crippen LogP) is 3.26. The lowest BCUT2D eigenvalue weighted by molar-refractivity contribution is -0.130. The lowest BCUT2D eigenvalue weighted by atomic mass is 9.87. The highest BCUT2D eigenvalue weighted by molar-refractivity contribution is 5.94. The normalized spacial score (nSPS) is 10.9. The molecule has 1 N–H and O–H groups in total. The first-order valence-corrected chi connectivity index (χ1v) is 9.61. The highest BCUT2D eigenvalue weighted by Crippen LogP contribution is 2.24. The van der Waals surface area contributed by atoms with Gasteiger partial charge in [0.15, 0.2) is 6.61 Å². The number of ether oxygens (including phenoxy) is 2. The Balaban J connectivity index is 1.79. The number of hydrogen-bond acceptors (Lipinski definition) is 4. The van der Waals surface area contributed by atoms with E-state index in [2.05, 4.69) is 38.2 Å². The van der Waals surface area contributed by atoms with E-state index in [9.17, 15) is 9.59 Å². The molecule has 29 heavy (non-hydrogen) atoms. The number of amides is 2.